The number of nitrogens with one attached hydrogen (secondary N) is 1. The predicted octanol–water partition coefficient (Wildman–Crippen LogP) is 6.44. The van der Waals surface area contributed by atoms with Gasteiger partial charge in [-0.15, -0.1) is 0 Å². The van der Waals surface area contributed by atoms with Crippen molar-refractivity contribution in [3.05, 3.63) is 99.6 Å². The summed E-state index contributed by atoms with van der Waals surface area (Å²) in [5, 5.41) is 10.1. The van der Waals surface area contributed by atoms with Crippen LogP contribution in [0.25, 0.3) is 0 Å². The first-order valence-electron chi connectivity index (χ1n) is 12.1. The molecule has 0 saturated carbocycles. The maximum atomic E-state index is 12.8. The number of hydrogen-bond acceptors (Lipinski definition) is 5. The monoisotopic (exact) mass is 530 g/mol. The van der Waals surface area contributed by atoms with E-state index in [0.29, 0.717) is 22.3 Å². The Morgan fingerprint density at radius 2 is 1.70 bits per heavy atom. The van der Waals surface area contributed by atoms with Crippen LogP contribution in [0.15, 0.2) is 76.8 Å². The minimum absolute atomic E-state index is 0.0135. The molecule has 3 aromatic rings. The van der Waals surface area contributed by atoms with Crippen molar-refractivity contribution < 1.29 is 9.59 Å². The summed E-state index contributed by atoms with van der Waals surface area (Å²) in [5.74, 6) is -0.582. The Labute approximate surface area is 225 Å². The molecule has 2 aliphatic rings. The number of nitrogens with zero attached hydrogens (tertiary/aromatic N) is 3. The molecular formula is C29H27ClN4O2S. The van der Waals surface area contributed by atoms with E-state index in [9.17, 15) is 9.59 Å². The molecule has 0 radical (unpaired) electrons. The molecule has 2 aliphatic heterocycles. The lowest BCUT2D eigenvalue weighted by Gasteiger charge is -2.23. The fraction of sp³-hybridized carbons (Fsp3) is 0.241. The van der Waals surface area contributed by atoms with Gasteiger partial charge in [-0.25, -0.2) is 5.01 Å². The maximum absolute atomic E-state index is 12.8. The van der Waals surface area contributed by atoms with Crippen molar-refractivity contribution in [2.45, 2.75) is 44.9 Å². The van der Waals surface area contributed by atoms with Gasteiger partial charge in [0.1, 0.15) is 5.25 Å². The molecule has 0 fully saturated rings. The molecule has 6 nitrogen and oxygen atoms in total. The van der Waals surface area contributed by atoms with Gasteiger partial charge in [0, 0.05) is 23.6 Å². The van der Waals surface area contributed by atoms with Gasteiger partial charge in [0.05, 0.1) is 11.8 Å². The third kappa shape index (κ3) is 5.63. The van der Waals surface area contributed by atoms with Crippen LogP contribution in [0.3, 0.4) is 0 Å². The van der Waals surface area contributed by atoms with Gasteiger partial charge in [0.25, 0.3) is 5.91 Å². The van der Waals surface area contributed by atoms with E-state index in [2.05, 4.69) is 72.7 Å². The third-order valence-electron chi connectivity index (χ3n) is 6.51. The van der Waals surface area contributed by atoms with Crippen molar-refractivity contribution in [2.24, 2.45) is 10.1 Å². The van der Waals surface area contributed by atoms with Crippen molar-refractivity contribution in [2.75, 3.05) is 5.32 Å². The number of amides is 2. The van der Waals surface area contributed by atoms with Crippen LogP contribution < -0.4 is 5.32 Å². The van der Waals surface area contributed by atoms with Gasteiger partial charge in [-0.05, 0) is 49.6 Å². The van der Waals surface area contributed by atoms with Crippen LogP contribution >= 0.6 is 23.4 Å². The summed E-state index contributed by atoms with van der Waals surface area (Å²) in [7, 11) is 0. The molecule has 8 heteroatoms. The number of carbonyl (C=O) groups excluding carboxylic acids is 2. The molecule has 0 aliphatic carbocycles. The molecule has 2 amide bonds. The second-order valence-electron chi connectivity index (χ2n) is 9.44. The first kappa shape index (κ1) is 25.2. The van der Waals surface area contributed by atoms with E-state index in [1.165, 1.54) is 22.9 Å². The number of rotatable bonds is 5. The zero-order chi connectivity index (χ0) is 26.1. The van der Waals surface area contributed by atoms with Crippen LogP contribution in [-0.4, -0.2) is 33.0 Å². The van der Waals surface area contributed by atoms with Crippen molar-refractivity contribution in [3.63, 3.8) is 0 Å². The smallest absolute Gasteiger partial charge is 0.262 e. The number of halogens is 1. The lowest BCUT2D eigenvalue weighted by molar-refractivity contribution is -0.121. The van der Waals surface area contributed by atoms with Gasteiger partial charge in [0.15, 0.2) is 5.17 Å². The predicted molar refractivity (Wildman–Crippen MR) is 151 cm³/mol. The van der Waals surface area contributed by atoms with Crippen LogP contribution in [0.2, 0.25) is 5.02 Å². The van der Waals surface area contributed by atoms with Crippen LogP contribution in [-0.2, 0) is 9.59 Å². The molecule has 0 saturated heterocycles. The Bertz CT molecular complexity index is 1420. The number of aliphatic imine (C=N–C) groups is 1. The van der Waals surface area contributed by atoms with E-state index in [1.54, 1.807) is 12.1 Å². The standard InChI is InChI=1S/C29H27ClN4O2S/c1-17-4-9-20(10-5-17)24-15-25(21-11-6-18(2)7-12-21)34(33-24)29-32-28(36)26(37-29)16-27(35)31-22-13-8-19(3)23(30)14-22/h4-14,25-26H,15-16H2,1-3H3,(H,31,35)/t25-,26-/m1/s1. The van der Waals surface area contributed by atoms with Crippen LogP contribution in [0, 0.1) is 20.8 Å². The molecule has 37 heavy (non-hydrogen) atoms. The Hall–Kier alpha value is -3.42. The number of carbonyl (C=O) groups is 2. The third-order valence-corrected chi connectivity index (χ3v) is 8.06. The van der Waals surface area contributed by atoms with Crippen LogP contribution in [0.4, 0.5) is 5.69 Å². The molecule has 0 spiro atoms. The first-order chi connectivity index (χ1) is 17.8. The molecule has 1 N–H and O–H groups in total. The van der Waals surface area contributed by atoms with Crippen LogP contribution in [0.5, 0.6) is 0 Å². The molecule has 2 heterocycles. The van der Waals surface area contributed by atoms with E-state index >= 15 is 0 Å². The van der Waals surface area contributed by atoms with Crippen molar-refractivity contribution >= 4 is 51.7 Å². The summed E-state index contributed by atoms with van der Waals surface area (Å²) in [4.78, 5) is 29.9. The highest BCUT2D eigenvalue weighted by atomic mass is 35.5. The largest absolute Gasteiger partial charge is 0.326 e. The van der Waals surface area contributed by atoms with E-state index in [-0.39, 0.29) is 24.3 Å². The van der Waals surface area contributed by atoms with Gasteiger partial charge in [0.2, 0.25) is 5.91 Å². The fourth-order valence-electron chi connectivity index (χ4n) is 4.31. The molecule has 0 aromatic heterocycles. The fourth-order valence-corrected chi connectivity index (χ4v) is 5.55. The molecule has 3 aromatic carbocycles. The van der Waals surface area contributed by atoms with Gasteiger partial charge < -0.3 is 5.32 Å². The zero-order valence-electron chi connectivity index (χ0n) is 20.9. The quantitative estimate of drug-likeness (QED) is 0.411. The zero-order valence-corrected chi connectivity index (χ0v) is 22.4. The van der Waals surface area contributed by atoms with Gasteiger partial charge in [-0.2, -0.15) is 10.1 Å². The first-order valence-corrected chi connectivity index (χ1v) is 13.4. The van der Waals surface area contributed by atoms with Crippen molar-refractivity contribution in [3.8, 4) is 0 Å². The lowest BCUT2D eigenvalue weighted by Crippen LogP contribution is -2.25. The Morgan fingerprint density at radius 3 is 2.38 bits per heavy atom. The molecule has 0 unspecified atom stereocenters. The number of hydrogen-bond donors (Lipinski definition) is 1. The van der Waals surface area contributed by atoms with Gasteiger partial charge in [-0.3, -0.25) is 9.59 Å². The SMILES string of the molecule is Cc1ccc(C2=NN(C3=NC(=O)[C@@H](CC(=O)Nc4ccc(C)c(Cl)c4)S3)[C@@H](c3ccc(C)cc3)C2)cc1. The summed E-state index contributed by atoms with van der Waals surface area (Å²) < 4.78 is 0. The Morgan fingerprint density at radius 1 is 1.03 bits per heavy atom. The minimum atomic E-state index is -0.604. The molecule has 2 atom stereocenters. The number of hydrazone groups is 1. The number of anilines is 1. The highest BCUT2D eigenvalue weighted by Crippen LogP contribution is 2.38. The highest BCUT2D eigenvalue weighted by Gasteiger charge is 2.39. The summed E-state index contributed by atoms with van der Waals surface area (Å²) in [6.45, 7) is 6.01. The highest BCUT2D eigenvalue weighted by molar-refractivity contribution is 8.15. The topological polar surface area (TPSA) is 74.1 Å². The van der Waals surface area contributed by atoms with Gasteiger partial charge in [-0.1, -0.05) is 89.1 Å². The minimum Gasteiger partial charge on any atom is -0.326 e. The lowest BCUT2D eigenvalue weighted by atomic mass is 9.97. The normalized spacial score (nSPS) is 19.1. The summed E-state index contributed by atoms with van der Waals surface area (Å²) in [6, 6.07) is 21.9. The summed E-state index contributed by atoms with van der Waals surface area (Å²) in [5.41, 5.74) is 6.99. The van der Waals surface area contributed by atoms with Crippen molar-refractivity contribution in [1.82, 2.24) is 5.01 Å². The Kier molecular flexibility index (Phi) is 7.17. The average Bonchev–Trinajstić information content (AvgIpc) is 3.46. The number of amidine groups is 1. The van der Waals surface area contributed by atoms with Crippen molar-refractivity contribution in [1.29, 1.82) is 0 Å². The molecule has 188 valence electrons. The Balaban J connectivity index is 1.34. The second kappa shape index (κ2) is 10.5. The maximum Gasteiger partial charge on any atom is 0.262 e. The molecule has 5 rings (SSSR count). The molecular weight excluding hydrogens is 504 g/mol. The number of benzene rings is 3. The number of aryl methyl sites for hydroxylation is 3. The van der Waals surface area contributed by atoms with Crippen LogP contribution in [0.1, 0.15) is 46.7 Å². The van der Waals surface area contributed by atoms with Gasteiger partial charge >= 0.3 is 0 Å². The average molecular weight is 531 g/mol. The summed E-state index contributed by atoms with van der Waals surface area (Å²) in [6.07, 6.45) is 0.707. The van der Waals surface area contributed by atoms with E-state index in [0.717, 1.165) is 22.4 Å². The summed E-state index contributed by atoms with van der Waals surface area (Å²) >= 11 is 7.47. The second-order valence-corrected chi connectivity index (χ2v) is 11.0. The van der Waals surface area contributed by atoms with E-state index in [4.69, 9.17) is 16.7 Å². The molecule has 0 bridgehead atoms. The number of thioether (sulfide) groups is 1. The van der Waals surface area contributed by atoms with E-state index in [1.807, 2.05) is 18.0 Å². The van der Waals surface area contributed by atoms with E-state index < -0.39 is 5.25 Å².